The van der Waals surface area contributed by atoms with E-state index in [1.54, 1.807) is 39.5 Å². The third-order valence-electron chi connectivity index (χ3n) is 4.25. The molecular weight excluding hydrogens is 378 g/mol. The van der Waals surface area contributed by atoms with Crippen molar-refractivity contribution in [2.75, 3.05) is 21.3 Å². The number of rotatable bonds is 5. The van der Waals surface area contributed by atoms with Gasteiger partial charge in [0.05, 0.1) is 31.4 Å². The van der Waals surface area contributed by atoms with Crippen LogP contribution in [0.5, 0.6) is 17.2 Å². The molecule has 0 aliphatic rings. The van der Waals surface area contributed by atoms with Crippen molar-refractivity contribution < 1.29 is 14.2 Å². The number of hydrogen-bond acceptors (Lipinski definition) is 7. The molecule has 0 unspecified atom stereocenters. The molecular formula is C20H17N3O4S. The van der Waals surface area contributed by atoms with Gasteiger partial charge in [0, 0.05) is 5.56 Å². The molecule has 0 amide bonds. The maximum absolute atomic E-state index is 12.8. The zero-order chi connectivity index (χ0) is 19.7. The Kier molecular flexibility index (Phi) is 4.70. The van der Waals surface area contributed by atoms with Gasteiger partial charge in [-0.2, -0.15) is 9.50 Å². The van der Waals surface area contributed by atoms with Crippen molar-refractivity contribution >= 4 is 22.4 Å². The summed E-state index contributed by atoms with van der Waals surface area (Å²) in [5.74, 6) is 2.43. The highest BCUT2D eigenvalue weighted by atomic mass is 32.1. The lowest BCUT2D eigenvalue weighted by atomic mass is 10.2. The number of thiazole rings is 1. The Morgan fingerprint density at radius 1 is 1.00 bits per heavy atom. The van der Waals surface area contributed by atoms with Crippen LogP contribution in [0.4, 0.5) is 0 Å². The van der Waals surface area contributed by atoms with Crippen LogP contribution in [-0.4, -0.2) is 35.9 Å². The smallest absolute Gasteiger partial charge is 0.291 e. The first-order chi connectivity index (χ1) is 13.6. The largest absolute Gasteiger partial charge is 0.497 e. The minimum absolute atomic E-state index is 0.237. The van der Waals surface area contributed by atoms with Gasteiger partial charge in [0.1, 0.15) is 17.2 Å². The summed E-state index contributed by atoms with van der Waals surface area (Å²) in [4.78, 5) is 17.8. The monoisotopic (exact) mass is 395 g/mol. The van der Waals surface area contributed by atoms with Gasteiger partial charge in [-0.15, -0.1) is 5.10 Å². The van der Waals surface area contributed by atoms with Crippen LogP contribution >= 0.6 is 11.3 Å². The van der Waals surface area contributed by atoms with E-state index in [1.807, 2.05) is 30.3 Å². The molecule has 28 heavy (non-hydrogen) atoms. The maximum Gasteiger partial charge on any atom is 0.291 e. The lowest BCUT2D eigenvalue weighted by Gasteiger charge is -2.06. The van der Waals surface area contributed by atoms with Gasteiger partial charge in [0.25, 0.3) is 5.56 Å². The highest BCUT2D eigenvalue weighted by Gasteiger charge is 2.15. The van der Waals surface area contributed by atoms with Crippen molar-refractivity contribution in [1.82, 2.24) is 14.6 Å². The van der Waals surface area contributed by atoms with Crippen LogP contribution in [0, 0.1) is 0 Å². The number of methoxy groups -OCH3 is 3. The van der Waals surface area contributed by atoms with Gasteiger partial charge >= 0.3 is 0 Å². The molecule has 0 bridgehead atoms. The normalized spacial score (nSPS) is 11.8. The van der Waals surface area contributed by atoms with Gasteiger partial charge < -0.3 is 14.2 Å². The molecule has 142 valence electrons. The van der Waals surface area contributed by atoms with Gasteiger partial charge in [-0.1, -0.05) is 23.5 Å². The van der Waals surface area contributed by atoms with Crippen LogP contribution in [-0.2, 0) is 0 Å². The fourth-order valence-corrected chi connectivity index (χ4v) is 3.77. The SMILES string of the molecule is COc1ccc(OC)c(C=c2sc3nc(-c4ccccc4OC)nn3c2=O)c1. The first-order valence-electron chi connectivity index (χ1n) is 8.41. The molecule has 2 aromatic heterocycles. The first-order valence-corrected chi connectivity index (χ1v) is 9.23. The molecule has 0 saturated heterocycles. The summed E-state index contributed by atoms with van der Waals surface area (Å²) < 4.78 is 17.8. The number of para-hydroxylation sites is 1. The van der Waals surface area contributed by atoms with E-state index in [4.69, 9.17) is 14.2 Å². The highest BCUT2D eigenvalue weighted by molar-refractivity contribution is 7.15. The zero-order valence-corrected chi connectivity index (χ0v) is 16.3. The Labute approximate surface area is 164 Å². The number of benzene rings is 2. The predicted octanol–water partition coefficient (Wildman–Crippen LogP) is 2.39. The topological polar surface area (TPSA) is 74.9 Å². The number of hydrogen-bond donors (Lipinski definition) is 0. The van der Waals surface area contributed by atoms with Crippen molar-refractivity contribution in [1.29, 1.82) is 0 Å². The summed E-state index contributed by atoms with van der Waals surface area (Å²) in [7, 11) is 4.76. The minimum atomic E-state index is -0.237. The molecule has 0 fully saturated rings. The average molecular weight is 395 g/mol. The van der Waals surface area contributed by atoms with E-state index >= 15 is 0 Å². The fourth-order valence-electron chi connectivity index (χ4n) is 2.87. The van der Waals surface area contributed by atoms with E-state index in [0.29, 0.717) is 32.6 Å². The lowest BCUT2D eigenvalue weighted by Crippen LogP contribution is -2.23. The molecule has 4 aromatic rings. The molecule has 0 aliphatic heterocycles. The number of aromatic nitrogens is 3. The van der Waals surface area contributed by atoms with Crippen molar-refractivity contribution in [3.63, 3.8) is 0 Å². The summed E-state index contributed by atoms with van der Waals surface area (Å²) >= 11 is 1.26. The van der Waals surface area contributed by atoms with Crippen LogP contribution in [0.2, 0.25) is 0 Å². The summed E-state index contributed by atoms with van der Waals surface area (Å²) in [5.41, 5.74) is 1.24. The molecule has 0 radical (unpaired) electrons. The fraction of sp³-hybridized carbons (Fsp3) is 0.150. The van der Waals surface area contributed by atoms with E-state index < -0.39 is 0 Å². The number of ether oxygens (including phenoxy) is 3. The van der Waals surface area contributed by atoms with E-state index in [0.717, 1.165) is 11.1 Å². The van der Waals surface area contributed by atoms with E-state index in [1.165, 1.54) is 15.9 Å². The Morgan fingerprint density at radius 3 is 2.50 bits per heavy atom. The lowest BCUT2D eigenvalue weighted by molar-refractivity contribution is 0.402. The van der Waals surface area contributed by atoms with Crippen LogP contribution < -0.4 is 24.3 Å². The molecule has 0 N–H and O–H groups in total. The standard InChI is InChI=1S/C20H17N3O4S/c1-25-13-8-9-15(26-2)12(10-13)11-17-19(24)23-20(28-17)21-18(22-23)14-6-4-5-7-16(14)27-3/h4-11H,1-3H3. The third kappa shape index (κ3) is 3.07. The second kappa shape index (κ2) is 7.32. The molecule has 4 rings (SSSR count). The Hall–Kier alpha value is -3.39. The molecule has 2 aromatic carbocycles. The number of nitrogens with zero attached hydrogens (tertiary/aromatic N) is 3. The molecule has 0 atom stereocenters. The summed E-state index contributed by atoms with van der Waals surface area (Å²) in [6, 6.07) is 12.8. The third-order valence-corrected chi connectivity index (χ3v) is 5.21. The van der Waals surface area contributed by atoms with Crippen LogP contribution in [0.15, 0.2) is 47.3 Å². The Morgan fingerprint density at radius 2 is 1.79 bits per heavy atom. The molecule has 0 saturated carbocycles. The van der Waals surface area contributed by atoms with Crippen LogP contribution in [0.25, 0.3) is 22.4 Å². The summed E-state index contributed by atoms with van der Waals surface area (Å²) in [5, 5.41) is 4.38. The Bertz CT molecular complexity index is 1260. The molecule has 7 nitrogen and oxygen atoms in total. The van der Waals surface area contributed by atoms with Crippen LogP contribution in [0.1, 0.15) is 5.56 Å². The summed E-state index contributed by atoms with van der Waals surface area (Å²) in [6.45, 7) is 0. The Balaban J connectivity index is 1.84. The highest BCUT2D eigenvalue weighted by Crippen LogP contribution is 2.27. The van der Waals surface area contributed by atoms with Crippen molar-refractivity contribution in [2.45, 2.75) is 0 Å². The van der Waals surface area contributed by atoms with Gasteiger partial charge in [-0.3, -0.25) is 4.79 Å². The van der Waals surface area contributed by atoms with E-state index in [2.05, 4.69) is 10.1 Å². The van der Waals surface area contributed by atoms with Crippen molar-refractivity contribution in [3.8, 4) is 28.6 Å². The quantitative estimate of drug-likeness (QED) is 0.517. The molecule has 0 spiro atoms. The van der Waals surface area contributed by atoms with Gasteiger partial charge in [0.2, 0.25) is 4.96 Å². The van der Waals surface area contributed by atoms with Gasteiger partial charge in [0.15, 0.2) is 5.82 Å². The number of fused-ring (bicyclic) bond motifs is 1. The van der Waals surface area contributed by atoms with Crippen molar-refractivity contribution in [3.05, 3.63) is 62.9 Å². The predicted molar refractivity (Wildman–Crippen MR) is 107 cm³/mol. The minimum Gasteiger partial charge on any atom is -0.497 e. The average Bonchev–Trinajstić information content (AvgIpc) is 3.27. The summed E-state index contributed by atoms with van der Waals surface area (Å²) in [6.07, 6.45) is 1.76. The van der Waals surface area contributed by atoms with Gasteiger partial charge in [-0.25, -0.2) is 0 Å². The van der Waals surface area contributed by atoms with Crippen LogP contribution in [0.3, 0.4) is 0 Å². The van der Waals surface area contributed by atoms with Gasteiger partial charge in [-0.05, 0) is 36.4 Å². The molecule has 2 heterocycles. The van der Waals surface area contributed by atoms with E-state index in [-0.39, 0.29) is 5.56 Å². The molecule has 8 heteroatoms. The first kappa shape index (κ1) is 18.0. The van der Waals surface area contributed by atoms with E-state index in [9.17, 15) is 4.79 Å². The second-order valence-electron chi connectivity index (χ2n) is 5.85. The molecule has 0 aliphatic carbocycles. The second-order valence-corrected chi connectivity index (χ2v) is 6.86. The van der Waals surface area contributed by atoms with Crippen molar-refractivity contribution in [2.24, 2.45) is 0 Å². The maximum atomic E-state index is 12.8. The zero-order valence-electron chi connectivity index (χ0n) is 15.5.